The van der Waals surface area contributed by atoms with Crippen LogP contribution >= 0.6 is 0 Å². The van der Waals surface area contributed by atoms with Crippen molar-refractivity contribution in [1.29, 1.82) is 0 Å². The Morgan fingerprint density at radius 3 is 2.48 bits per heavy atom. The minimum atomic E-state index is -4.43. The van der Waals surface area contributed by atoms with E-state index < -0.39 is 29.4 Å². The average Bonchev–Trinajstić information content (AvgIpc) is 2.93. The molecule has 2 aromatic heterocycles. The van der Waals surface area contributed by atoms with Crippen LogP contribution < -0.4 is 5.56 Å². The predicted molar refractivity (Wildman–Crippen MR) is 88.1 cm³/mol. The number of H-pyrrole nitrogens is 1. The Hall–Kier alpha value is -2.72. The fourth-order valence-electron chi connectivity index (χ4n) is 3.29. The molecule has 0 amide bonds. The molecule has 142 valence electrons. The fourth-order valence-corrected chi connectivity index (χ4v) is 3.29. The highest BCUT2D eigenvalue weighted by atomic mass is 19.4. The van der Waals surface area contributed by atoms with E-state index in [1.165, 1.54) is 16.8 Å². The first-order chi connectivity index (χ1) is 12.8. The van der Waals surface area contributed by atoms with Crippen LogP contribution in [0.5, 0.6) is 0 Å². The molecule has 1 aromatic carbocycles. The molecule has 3 heterocycles. The molecule has 0 unspecified atom stereocenters. The van der Waals surface area contributed by atoms with Gasteiger partial charge < -0.3 is 14.8 Å². The van der Waals surface area contributed by atoms with Crippen LogP contribution in [-0.4, -0.2) is 38.1 Å². The van der Waals surface area contributed by atoms with Gasteiger partial charge in [-0.1, -0.05) is 12.1 Å². The van der Waals surface area contributed by atoms with E-state index in [1.807, 2.05) is 0 Å². The van der Waals surface area contributed by atoms with Crippen LogP contribution in [0.15, 0.2) is 29.1 Å². The van der Waals surface area contributed by atoms with Crippen molar-refractivity contribution in [1.82, 2.24) is 19.7 Å². The summed E-state index contributed by atoms with van der Waals surface area (Å²) in [6.45, 7) is 1.46. The first kappa shape index (κ1) is 17.7. The zero-order valence-corrected chi connectivity index (χ0v) is 14.2. The van der Waals surface area contributed by atoms with Gasteiger partial charge in [0, 0.05) is 0 Å². The quantitative estimate of drug-likeness (QED) is 0.722. The van der Waals surface area contributed by atoms with Gasteiger partial charge in [-0.2, -0.15) is 18.3 Å². The van der Waals surface area contributed by atoms with Gasteiger partial charge in [0.05, 0.1) is 25.4 Å². The third-order valence-electron chi connectivity index (χ3n) is 4.72. The van der Waals surface area contributed by atoms with Crippen molar-refractivity contribution in [3.05, 3.63) is 57.3 Å². The number of fused-ring (bicyclic) bond motifs is 1. The summed E-state index contributed by atoms with van der Waals surface area (Å²) >= 11 is 0. The minimum absolute atomic E-state index is 0.150. The lowest BCUT2D eigenvalue weighted by atomic mass is 9.87. The molecule has 0 aliphatic carbocycles. The predicted octanol–water partition coefficient (Wildman–Crippen LogP) is 1.71. The van der Waals surface area contributed by atoms with Crippen molar-refractivity contribution < 1.29 is 23.0 Å². The Bertz CT molecular complexity index is 1070. The molecular weight excluding hydrogens is 365 g/mol. The summed E-state index contributed by atoms with van der Waals surface area (Å²) in [7, 11) is 0. The number of nitrogens with one attached hydrogen (secondary N) is 1. The fraction of sp³-hybridized carbons (Fsp3) is 0.353. The Morgan fingerprint density at radius 1 is 1.30 bits per heavy atom. The number of alkyl halides is 3. The average molecular weight is 380 g/mol. The summed E-state index contributed by atoms with van der Waals surface area (Å²) in [5.41, 5.74) is -1.14. The highest BCUT2D eigenvalue weighted by Gasteiger charge is 2.45. The van der Waals surface area contributed by atoms with Crippen LogP contribution in [0.25, 0.3) is 11.0 Å². The van der Waals surface area contributed by atoms with Gasteiger partial charge in [-0.05, 0) is 24.6 Å². The number of hydrogen-bond acceptors (Lipinski definition) is 5. The van der Waals surface area contributed by atoms with Crippen LogP contribution in [0, 0.1) is 6.92 Å². The first-order valence-corrected chi connectivity index (χ1v) is 8.11. The summed E-state index contributed by atoms with van der Waals surface area (Å²) in [4.78, 5) is 19.2. The van der Waals surface area contributed by atoms with Gasteiger partial charge in [-0.3, -0.25) is 4.79 Å². The molecule has 1 aliphatic heterocycles. The number of aromatic amines is 1. The lowest BCUT2D eigenvalue weighted by Gasteiger charge is -2.42. The minimum Gasteiger partial charge on any atom is -0.390 e. The lowest BCUT2D eigenvalue weighted by Crippen LogP contribution is -2.53. The van der Waals surface area contributed by atoms with Gasteiger partial charge in [0.15, 0.2) is 5.65 Å². The smallest absolute Gasteiger partial charge is 0.390 e. The SMILES string of the molecule is Cc1nc2c(c(CO)nn2C2(c3ccc(C(F)(F)F)cc3)COC2)c(=O)[nH]1. The number of rotatable bonds is 3. The van der Waals surface area contributed by atoms with E-state index in [0.29, 0.717) is 11.4 Å². The Kier molecular flexibility index (Phi) is 3.86. The van der Waals surface area contributed by atoms with Crippen LogP contribution in [-0.2, 0) is 23.1 Å². The van der Waals surface area contributed by atoms with Gasteiger partial charge in [0.25, 0.3) is 5.56 Å². The molecule has 0 atom stereocenters. The van der Waals surface area contributed by atoms with E-state index in [2.05, 4.69) is 15.1 Å². The zero-order chi connectivity index (χ0) is 19.4. The summed E-state index contributed by atoms with van der Waals surface area (Å²) < 4.78 is 45.4. The van der Waals surface area contributed by atoms with E-state index >= 15 is 0 Å². The highest BCUT2D eigenvalue weighted by Crippen LogP contribution is 2.38. The maximum Gasteiger partial charge on any atom is 0.416 e. The number of aliphatic hydroxyl groups excluding tert-OH is 1. The number of ether oxygens (including phenoxy) is 1. The summed E-state index contributed by atoms with van der Waals surface area (Å²) in [6.07, 6.45) is -4.43. The third kappa shape index (κ3) is 2.63. The van der Waals surface area contributed by atoms with E-state index in [0.717, 1.165) is 12.1 Å². The Balaban J connectivity index is 1.92. The van der Waals surface area contributed by atoms with E-state index in [4.69, 9.17) is 4.74 Å². The molecule has 0 radical (unpaired) electrons. The van der Waals surface area contributed by atoms with Crippen molar-refractivity contribution in [2.24, 2.45) is 0 Å². The number of aromatic nitrogens is 4. The van der Waals surface area contributed by atoms with E-state index in [1.54, 1.807) is 6.92 Å². The maximum absolute atomic E-state index is 12.9. The monoisotopic (exact) mass is 380 g/mol. The van der Waals surface area contributed by atoms with Crippen molar-refractivity contribution in [3.8, 4) is 0 Å². The largest absolute Gasteiger partial charge is 0.416 e. The molecular formula is C17H15F3N4O3. The van der Waals surface area contributed by atoms with Gasteiger partial charge in [0.2, 0.25) is 0 Å². The molecule has 7 nitrogen and oxygen atoms in total. The standard InChI is InChI=1S/C17H15F3N4O3/c1-9-21-14-13(15(26)22-9)12(6-25)23-24(14)16(7-27-8-16)10-2-4-11(5-3-10)17(18,19)20/h2-5,25H,6-8H2,1H3,(H,21,22,26). The molecule has 10 heteroatoms. The molecule has 1 saturated heterocycles. The lowest BCUT2D eigenvalue weighted by molar-refractivity contribution is -0.137. The molecule has 1 aliphatic rings. The number of benzene rings is 1. The Labute approximate surface area is 150 Å². The van der Waals surface area contributed by atoms with Crippen LogP contribution in [0.3, 0.4) is 0 Å². The molecule has 0 spiro atoms. The van der Waals surface area contributed by atoms with Gasteiger partial charge in [-0.15, -0.1) is 0 Å². The molecule has 4 rings (SSSR count). The maximum atomic E-state index is 12.9. The number of hydrogen-bond donors (Lipinski definition) is 2. The van der Waals surface area contributed by atoms with E-state index in [-0.39, 0.29) is 29.9 Å². The van der Waals surface area contributed by atoms with Crippen LogP contribution in [0.2, 0.25) is 0 Å². The molecule has 0 saturated carbocycles. The number of aliphatic hydroxyl groups is 1. The van der Waals surface area contributed by atoms with Crippen LogP contribution in [0.4, 0.5) is 13.2 Å². The number of aryl methyl sites for hydroxylation is 1. The molecule has 0 bridgehead atoms. The zero-order valence-electron chi connectivity index (χ0n) is 14.2. The second-order valence-electron chi connectivity index (χ2n) is 6.47. The van der Waals surface area contributed by atoms with Gasteiger partial charge in [-0.25, -0.2) is 9.67 Å². The molecule has 1 fully saturated rings. The second-order valence-corrected chi connectivity index (χ2v) is 6.47. The molecule has 3 aromatic rings. The van der Waals surface area contributed by atoms with Gasteiger partial charge in [0.1, 0.15) is 22.4 Å². The van der Waals surface area contributed by atoms with E-state index in [9.17, 15) is 23.1 Å². The molecule has 27 heavy (non-hydrogen) atoms. The topological polar surface area (TPSA) is 93.0 Å². The van der Waals surface area contributed by atoms with Crippen molar-refractivity contribution >= 4 is 11.0 Å². The molecule has 2 N–H and O–H groups in total. The summed E-state index contributed by atoms with van der Waals surface area (Å²) in [5, 5.41) is 14.1. The van der Waals surface area contributed by atoms with Crippen molar-refractivity contribution in [3.63, 3.8) is 0 Å². The first-order valence-electron chi connectivity index (χ1n) is 8.11. The van der Waals surface area contributed by atoms with Crippen molar-refractivity contribution in [2.45, 2.75) is 25.2 Å². The van der Waals surface area contributed by atoms with Crippen LogP contribution in [0.1, 0.15) is 22.6 Å². The normalized spacial score (nSPS) is 16.5. The van der Waals surface area contributed by atoms with Gasteiger partial charge >= 0.3 is 6.18 Å². The second kappa shape index (κ2) is 5.89. The summed E-state index contributed by atoms with van der Waals surface area (Å²) in [6, 6.07) is 4.74. The highest BCUT2D eigenvalue weighted by molar-refractivity contribution is 5.77. The third-order valence-corrected chi connectivity index (χ3v) is 4.72. The number of halogens is 3. The Morgan fingerprint density at radius 2 is 1.96 bits per heavy atom. The van der Waals surface area contributed by atoms with Crippen molar-refractivity contribution in [2.75, 3.05) is 13.2 Å². The summed E-state index contributed by atoms with van der Waals surface area (Å²) in [5.74, 6) is 0.362. The number of nitrogens with zero attached hydrogens (tertiary/aromatic N) is 3.